The Hall–Kier alpha value is -2.75. The van der Waals surface area contributed by atoms with Crippen molar-refractivity contribution >= 4 is 6.29 Å². The summed E-state index contributed by atoms with van der Waals surface area (Å²) in [6.07, 6.45) is 0.763. The number of rotatable bonds is 3. The van der Waals surface area contributed by atoms with Crippen LogP contribution >= 0.6 is 0 Å². The van der Waals surface area contributed by atoms with Gasteiger partial charge in [-0.1, -0.05) is 29.5 Å². The van der Waals surface area contributed by atoms with Crippen molar-refractivity contribution in [3.63, 3.8) is 0 Å². The van der Waals surface area contributed by atoms with Crippen LogP contribution in [0, 0.1) is 27.7 Å². The van der Waals surface area contributed by atoms with E-state index >= 15 is 0 Å². The second kappa shape index (κ2) is 5.80. The molecule has 2 aromatic carbocycles. The lowest BCUT2D eigenvalue weighted by Gasteiger charge is -2.12. The second-order valence-electron chi connectivity index (χ2n) is 5.87. The molecule has 23 heavy (non-hydrogen) atoms. The van der Waals surface area contributed by atoms with E-state index in [0.29, 0.717) is 5.69 Å². The summed E-state index contributed by atoms with van der Waals surface area (Å²) in [6, 6.07) is 12.2. The third-order valence-corrected chi connectivity index (χ3v) is 4.39. The molecule has 0 unspecified atom stereocenters. The zero-order valence-corrected chi connectivity index (χ0v) is 13.8. The lowest BCUT2D eigenvalue weighted by atomic mass is 10.0. The minimum atomic E-state index is 0.356. The first kappa shape index (κ1) is 15.2. The van der Waals surface area contributed by atoms with Crippen molar-refractivity contribution in [1.82, 2.24) is 15.0 Å². The average molecular weight is 305 g/mol. The summed E-state index contributed by atoms with van der Waals surface area (Å²) < 4.78 is 1.76. The van der Waals surface area contributed by atoms with Crippen LogP contribution in [0.4, 0.5) is 0 Å². The minimum Gasteiger partial charge on any atom is -0.296 e. The van der Waals surface area contributed by atoms with Crippen LogP contribution < -0.4 is 0 Å². The number of hydrogen-bond donors (Lipinski definition) is 0. The molecule has 1 aromatic heterocycles. The SMILES string of the molecule is Cc1ccc(-c2c(C=O)nnn2-c2cccc(C)c2C)cc1C. The largest absolute Gasteiger partial charge is 0.296 e. The quantitative estimate of drug-likeness (QED) is 0.688. The summed E-state index contributed by atoms with van der Waals surface area (Å²) in [6.45, 7) is 8.24. The molecular weight excluding hydrogens is 286 g/mol. The molecule has 3 aromatic rings. The zero-order chi connectivity index (χ0) is 16.6. The van der Waals surface area contributed by atoms with Crippen LogP contribution in [0.25, 0.3) is 16.9 Å². The number of aryl methyl sites for hydroxylation is 3. The molecule has 4 heteroatoms. The molecule has 0 aliphatic heterocycles. The van der Waals surface area contributed by atoms with Crippen molar-refractivity contribution in [2.45, 2.75) is 27.7 Å². The monoisotopic (exact) mass is 305 g/mol. The maximum absolute atomic E-state index is 11.4. The predicted octanol–water partition coefficient (Wildman–Crippen LogP) is 3.98. The highest BCUT2D eigenvalue weighted by atomic mass is 16.1. The van der Waals surface area contributed by atoms with Gasteiger partial charge in [-0.05, 0) is 62.1 Å². The van der Waals surface area contributed by atoms with Gasteiger partial charge >= 0.3 is 0 Å². The first-order valence-electron chi connectivity index (χ1n) is 7.58. The molecule has 0 atom stereocenters. The highest BCUT2D eigenvalue weighted by Crippen LogP contribution is 2.28. The van der Waals surface area contributed by atoms with Crippen molar-refractivity contribution in [2.24, 2.45) is 0 Å². The van der Waals surface area contributed by atoms with E-state index in [0.717, 1.165) is 28.8 Å². The van der Waals surface area contributed by atoms with E-state index in [1.54, 1.807) is 4.68 Å². The van der Waals surface area contributed by atoms with Gasteiger partial charge in [0.2, 0.25) is 0 Å². The smallest absolute Gasteiger partial charge is 0.172 e. The molecule has 1 heterocycles. The lowest BCUT2D eigenvalue weighted by Crippen LogP contribution is -2.03. The van der Waals surface area contributed by atoms with E-state index in [-0.39, 0.29) is 0 Å². The highest BCUT2D eigenvalue weighted by molar-refractivity contribution is 5.84. The third kappa shape index (κ3) is 2.57. The molecule has 0 spiro atoms. The van der Waals surface area contributed by atoms with Crippen LogP contribution in [0.15, 0.2) is 36.4 Å². The molecular formula is C19H19N3O. The first-order chi connectivity index (χ1) is 11.0. The van der Waals surface area contributed by atoms with Crippen LogP contribution in [0.1, 0.15) is 32.7 Å². The lowest BCUT2D eigenvalue weighted by molar-refractivity contribution is 0.111. The van der Waals surface area contributed by atoms with Gasteiger partial charge in [-0.3, -0.25) is 4.79 Å². The molecule has 0 aliphatic rings. The van der Waals surface area contributed by atoms with E-state index in [1.165, 1.54) is 16.7 Å². The molecule has 0 radical (unpaired) electrons. The van der Waals surface area contributed by atoms with Gasteiger partial charge in [0.15, 0.2) is 12.0 Å². The van der Waals surface area contributed by atoms with Gasteiger partial charge in [0, 0.05) is 5.56 Å². The number of carbonyl (C=O) groups is 1. The molecule has 0 amide bonds. The summed E-state index contributed by atoms with van der Waals surface area (Å²) >= 11 is 0. The van der Waals surface area contributed by atoms with E-state index in [4.69, 9.17) is 0 Å². The van der Waals surface area contributed by atoms with E-state index in [9.17, 15) is 4.79 Å². The molecule has 0 fully saturated rings. The third-order valence-electron chi connectivity index (χ3n) is 4.39. The summed E-state index contributed by atoms with van der Waals surface area (Å²) in [5.74, 6) is 0. The number of hydrogen-bond acceptors (Lipinski definition) is 3. The van der Waals surface area contributed by atoms with Gasteiger partial charge in [-0.15, -0.1) is 5.10 Å². The molecule has 0 saturated heterocycles. The fourth-order valence-corrected chi connectivity index (χ4v) is 2.67. The molecule has 3 rings (SSSR count). The molecule has 0 saturated carbocycles. The molecule has 0 N–H and O–H groups in total. The topological polar surface area (TPSA) is 47.8 Å². The number of aromatic nitrogens is 3. The Kier molecular flexibility index (Phi) is 3.82. The van der Waals surface area contributed by atoms with Crippen LogP contribution in [-0.2, 0) is 0 Å². The van der Waals surface area contributed by atoms with Gasteiger partial charge < -0.3 is 0 Å². The molecule has 4 nitrogen and oxygen atoms in total. The Balaban J connectivity index is 2.28. The normalized spacial score (nSPS) is 10.8. The molecule has 116 valence electrons. The molecule has 0 aliphatic carbocycles. The Labute approximate surface area is 135 Å². The van der Waals surface area contributed by atoms with Crippen LogP contribution in [0.2, 0.25) is 0 Å². The number of aldehydes is 1. The van der Waals surface area contributed by atoms with Crippen LogP contribution in [-0.4, -0.2) is 21.3 Å². The standard InChI is InChI=1S/C19H19N3O/c1-12-8-9-16(10-14(12)3)19-17(11-23)20-21-22(19)18-7-5-6-13(2)15(18)4/h5-11H,1-4H3. The summed E-state index contributed by atoms with van der Waals surface area (Å²) in [4.78, 5) is 11.4. The fourth-order valence-electron chi connectivity index (χ4n) is 2.67. The zero-order valence-electron chi connectivity index (χ0n) is 13.8. The van der Waals surface area contributed by atoms with Crippen molar-refractivity contribution in [3.05, 3.63) is 64.3 Å². The van der Waals surface area contributed by atoms with Gasteiger partial charge in [-0.2, -0.15) is 0 Å². The minimum absolute atomic E-state index is 0.356. The Morgan fingerprint density at radius 1 is 0.957 bits per heavy atom. The second-order valence-corrected chi connectivity index (χ2v) is 5.87. The van der Waals surface area contributed by atoms with Crippen molar-refractivity contribution < 1.29 is 4.79 Å². The Morgan fingerprint density at radius 3 is 2.43 bits per heavy atom. The maximum atomic E-state index is 11.4. The van der Waals surface area contributed by atoms with Gasteiger partial charge in [-0.25, -0.2) is 4.68 Å². The Bertz CT molecular complexity index is 894. The predicted molar refractivity (Wildman–Crippen MR) is 91.1 cm³/mol. The van der Waals surface area contributed by atoms with E-state index in [2.05, 4.69) is 56.2 Å². The number of benzene rings is 2. The Morgan fingerprint density at radius 2 is 1.74 bits per heavy atom. The van der Waals surface area contributed by atoms with Crippen molar-refractivity contribution in [2.75, 3.05) is 0 Å². The van der Waals surface area contributed by atoms with Gasteiger partial charge in [0.25, 0.3) is 0 Å². The molecule has 0 bridgehead atoms. The van der Waals surface area contributed by atoms with Crippen molar-refractivity contribution in [3.8, 4) is 16.9 Å². The average Bonchev–Trinajstić information content (AvgIpc) is 2.96. The van der Waals surface area contributed by atoms with Crippen molar-refractivity contribution in [1.29, 1.82) is 0 Å². The van der Waals surface area contributed by atoms with Crippen LogP contribution in [0.3, 0.4) is 0 Å². The summed E-state index contributed by atoms with van der Waals surface area (Å²) in [5.41, 5.74) is 7.67. The first-order valence-corrected chi connectivity index (χ1v) is 7.58. The van der Waals surface area contributed by atoms with E-state index in [1.807, 2.05) is 18.2 Å². The van der Waals surface area contributed by atoms with Crippen LogP contribution in [0.5, 0.6) is 0 Å². The van der Waals surface area contributed by atoms with Gasteiger partial charge in [0.1, 0.15) is 5.69 Å². The number of carbonyl (C=O) groups excluding carboxylic acids is 1. The fraction of sp³-hybridized carbons (Fsp3) is 0.211. The summed E-state index contributed by atoms with van der Waals surface area (Å²) in [5, 5.41) is 8.28. The van der Waals surface area contributed by atoms with E-state index < -0.39 is 0 Å². The maximum Gasteiger partial charge on any atom is 0.172 e. The highest BCUT2D eigenvalue weighted by Gasteiger charge is 2.17. The van der Waals surface area contributed by atoms with Gasteiger partial charge in [0.05, 0.1) is 5.69 Å². The summed E-state index contributed by atoms with van der Waals surface area (Å²) in [7, 11) is 0. The number of nitrogens with zero attached hydrogens (tertiary/aromatic N) is 3.